The highest BCUT2D eigenvalue weighted by molar-refractivity contribution is 7.91. The molecule has 0 saturated carbocycles. The Bertz CT molecular complexity index is 471. The van der Waals surface area contributed by atoms with Crippen molar-refractivity contribution in [3.8, 4) is 0 Å². The zero-order valence-corrected chi connectivity index (χ0v) is 12.6. The van der Waals surface area contributed by atoms with Crippen LogP contribution in [0.2, 0.25) is 4.47 Å². The van der Waals surface area contributed by atoms with Gasteiger partial charge in [-0.3, -0.25) is 0 Å². The summed E-state index contributed by atoms with van der Waals surface area (Å²) in [7, 11) is -1.83. The SMILES string of the molecule is CCCCCN(C)S(=O)(=O)c1sc(Cl)nc1C. The second-order valence-corrected chi connectivity index (χ2v) is 7.69. The molecule has 0 saturated heterocycles. The number of rotatable bonds is 6. The molecule has 0 atom stereocenters. The van der Waals surface area contributed by atoms with Crippen molar-refractivity contribution in [1.29, 1.82) is 0 Å². The van der Waals surface area contributed by atoms with E-state index in [-0.39, 0.29) is 8.68 Å². The minimum atomic E-state index is -3.42. The third-order valence-electron chi connectivity index (χ3n) is 2.45. The lowest BCUT2D eigenvalue weighted by Gasteiger charge is -2.15. The summed E-state index contributed by atoms with van der Waals surface area (Å²) in [6, 6.07) is 0. The van der Waals surface area contributed by atoms with Gasteiger partial charge in [-0.1, -0.05) is 42.7 Å². The summed E-state index contributed by atoms with van der Waals surface area (Å²) in [6.45, 7) is 4.28. The van der Waals surface area contributed by atoms with Crippen molar-refractivity contribution in [3.05, 3.63) is 10.2 Å². The second-order valence-electron chi connectivity index (χ2n) is 3.87. The lowest BCUT2D eigenvalue weighted by molar-refractivity contribution is 0.455. The van der Waals surface area contributed by atoms with Gasteiger partial charge < -0.3 is 0 Å². The number of halogens is 1. The molecule has 1 aromatic rings. The van der Waals surface area contributed by atoms with E-state index in [2.05, 4.69) is 11.9 Å². The summed E-state index contributed by atoms with van der Waals surface area (Å²) in [6.07, 6.45) is 2.97. The van der Waals surface area contributed by atoms with Crippen molar-refractivity contribution in [2.75, 3.05) is 13.6 Å². The van der Waals surface area contributed by atoms with Gasteiger partial charge in [0.2, 0.25) is 0 Å². The maximum Gasteiger partial charge on any atom is 0.254 e. The first kappa shape index (κ1) is 14.9. The molecule has 0 aromatic carbocycles. The predicted octanol–water partition coefficient (Wildman–Crippen LogP) is 2.92. The molecule has 0 aliphatic carbocycles. The summed E-state index contributed by atoms with van der Waals surface area (Å²) in [4.78, 5) is 3.93. The van der Waals surface area contributed by atoms with Crippen LogP contribution in [0.3, 0.4) is 0 Å². The number of thiazole rings is 1. The molecule has 1 heterocycles. The molecule has 98 valence electrons. The first-order valence-corrected chi connectivity index (χ1v) is 8.12. The molecular formula is C10H17ClN2O2S2. The average Bonchev–Trinajstić information content (AvgIpc) is 2.58. The zero-order valence-electron chi connectivity index (χ0n) is 10.2. The van der Waals surface area contributed by atoms with Gasteiger partial charge in [0.25, 0.3) is 10.0 Å². The molecule has 0 aliphatic heterocycles. The van der Waals surface area contributed by atoms with Crippen LogP contribution in [0.4, 0.5) is 0 Å². The van der Waals surface area contributed by atoms with Crippen LogP contribution in [0.5, 0.6) is 0 Å². The first-order chi connectivity index (χ1) is 7.89. The van der Waals surface area contributed by atoms with Gasteiger partial charge in [-0.25, -0.2) is 17.7 Å². The number of nitrogens with zero attached hydrogens (tertiary/aromatic N) is 2. The number of aromatic nitrogens is 1. The van der Waals surface area contributed by atoms with Crippen LogP contribution >= 0.6 is 22.9 Å². The zero-order chi connectivity index (χ0) is 13.1. The summed E-state index contributed by atoms with van der Waals surface area (Å²) < 4.78 is 26.3. The third kappa shape index (κ3) is 3.64. The lowest BCUT2D eigenvalue weighted by atomic mass is 10.2. The fourth-order valence-electron chi connectivity index (χ4n) is 1.44. The van der Waals surface area contributed by atoms with E-state index in [1.807, 2.05) is 0 Å². The van der Waals surface area contributed by atoms with Crippen molar-refractivity contribution in [2.24, 2.45) is 0 Å². The maximum atomic E-state index is 12.2. The molecule has 0 radical (unpaired) electrons. The van der Waals surface area contributed by atoms with E-state index < -0.39 is 10.0 Å². The van der Waals surface area contributed by atoms with Crippen molar-refractivity contribution in [2.45, 2.75) is 37.3 Å². The van der Waals surface area contributed by atoms with Gasteiger partial charge in [0, 0.05) is 13.6 Å². The molecule has 0 aliphatic rings. The molecule has 0 bridgehead atoms. The Morgan fingerprint density at radius 3 is 2.53 bits per heavy atom. The molecule has 0 spiro atoms. The molecule has 7 heteroatoms. The van der Waals surface area contributed by atoms with E-state index in [1.165, 1.54) is 4.31 Å². The highest BCUT2D eigenvalue weighted by atomic mass is 35.5. The number of aryl methyl sites for hydroxylation is 1. The topological polar surface area (TPSA) is 50.3 Å². The smallest absolute Gasteiger partial charge is 0.229 e. The van der Waals surface area contributed by atoms with Crippen LogP contribution < -0.4 is 0 Å². The van der Waals surface area contributed by atoms with E-state index >= 15 is 0 Å². The van der Waals surface area contributed by atoms with Gasteiger partial charge in [-0.15, -0.1) is 0 Å². The Balaban J connectivity index is 2.84. The minimum Gasteiger partial charge on any atom is -0.229 e. The molecule has 4 nitrogen and oxygen atoms in total. The Hall–Kier alpha value is -0.170. The normalized spacial score (nSPS) is 12.3. The fraction of sp³-hybridized carbons (Fsp3) is 0.700. The summed E-state index contributed by atoms with van der Waals surface area (Å²) in [5.41, 5.74) is 0.474. The van der Waals surface area contributed by atoms with Gasteiger partial charge in [0.1, 0.15) is 0 Å². The van der Waals surface area contributed by atoms with Crippen LogP contribution in [0, 0.1) is 6.92 Å². The molecule has 0 amide bonds. The van der Waals surface area contributed by atoms with Crippen LogP contribution in [0.15, 0.2) is 4.21 Å². The highest BCUT2D eigenvalue weighted by Crippen LogP contribution is 2.28. The van der Waals surface area contributed by atoms with E-state index in [1.54, 1.807) is 14.0 Å². The van der Waals surface area contributed by atoms with Gasteiger partial charge in [0.15, 0.2) is 8.68 Å². The van der Waals surface area contributed by atoms with Crippen molar-refractivity contribution in [1.82, 2.24) is 9.29 Å². The van der Waals surface area contributed by atoms with Gasteiger partial charge in [-0.05, 0) is 13.3 Å². The van der Waals surface area contributed by atoms with Gasteiger partial charge >= 0.3 is 0 Å². The molecule has 0 N–H and O–H groups in total. The standard InChI is InChI=1S/C10H17ClN2O2S2/c1-4-5-6-7-13(3)17(14,15)9-8(2)12-10(11)16-9/h4-7H2,1-3H3. The number of hydrogen-bond acceptors (Lipinski definition) is 4. The molecular weight excluding hydrogens is 280 g/mol. The number of hydrogen-bond donors (Lipinski definition) is 0. The van der Waals surface area contributed by atoms with Crippen molar-refractivity contribution >= 4 is 33.0 Å². The van der Waals surface area contributed by atoms with Crippen LogP contribution in [-0.2, 0) is 10.0 Å². The monoisotopic (exact) mass is 296 g/mol. The van der Waals surface area contributed by atoms with E-state index in [4.69, 9.17) is 11.6 Å². The Morgan fingerprint density at radius 1 is 1.41 bits per heavy atom. The molecule has 17 heavy (non-hydrogen) atoms. The summed E-state index contributed by atoms with van der Waals surface area (Å²) >= 11 is 6.74. The largest absolute Gasteiger partial charge is 0.254 e. The van der Waals surface area contributed by atoms with Crippen molar-refractivity contribution < 1.29 is 8.42 Å². The Kier molecular flexibility index (Phi) is 5.37. The lowest BCUT2D eigenvalue weighted by Crippen LogP contribution is -2.27. The van der Waals surface area contributed by atoms with Gasteiger partial charge in [-0.2, -0.15) is 0 Å². The average molecular weight is 297 g/mol. The van der Waals surface area contributed by atoms with Crippen LogP contribution in [0.25, 0.3) is 0 Å². The Labute approximate surface area is 112 Å². The van der Waals surface area contributed by atoms with E-state index in [0.717, 1.165) is 30.6 Å². The molecule has 1 aromatic heterocycles. The molecule has 0 unspecified atom stereocenters. The molecule has 0 fully saturated rings. The third-order valence-corrected chi connectivity index (χ3v) is 6.15. The summed E-state index contributed by atoms with van der Waals surface area (Å²) in [5.74, 6) is 0. The fourth-order valence-corrected chi connectivity index (χ4v) is 4.57. The van der Waals surface area contributed by atoms with E-state index in [9.17, 15) is 8.42 Å². The number of sulfonamides is 1. The highest BCUT2D eigenvalue weighted by Gasteiger charge is 2.25. The Morgan fingerprint density at radius 2 is 2.06 bits per heavy atom. The second kappa shape index (κ2) is 6.13. The van der Waals surface area contributed by atoms with Gasteiger partial charge in [0.05, 0.1) is 5.69 Å². The summed E-state index contributed by atoms with van der Waals surface area (Å²) in [5, 5.41) is 0. The van der Waals surface area contributed by atoms with Crippen LogP contribution in [-0.4, -0.2) is 31.3 Å². The quantitative estimate of drug-likeness (QED) is 0.758. The maximum absolute atomic E-state index is 12.2. The minimum absolute atomic E-state index is 0.251. The van der Waals surface area contributed by atoms with E-state index in [0.29, 0.717) is 12.2 Å². The van der Waals surface area contributed by atoms with Crippen LogP contribution in [0.1, 0.15) is 31.9 Å². The first-order valence-electron chi connectivity index (χ1n) is 5.49. The molecule has 1 rings (SSSR count). The van der Waals surface area contributed by atoms with Crippen molar-refractivity contribution in [3.63, 3.8) is 0 Å². The number of unbranched alkanes of at least 4 members (excludes halogenated alkanes) is 2. The predicted molar refractivity (Wildman–Crippen MR) is 71.2 cm³/mol.